The second kappa shape index (κ2) is 3.84. The van der Waals surface area contributed by atoms with Crippen LogP contribution in [0.3, 0.4) is 0 Å². The summed E-state index contributed by atoms with van der Waals surface area (Å²) in [5.74, 6) is 0. The van der Waals surface area contributed by atoms with Gasteiger partial charge in [-0.25, -0.2) is 0 Å². The van der Waals surface area contributed by atoms with Gasteiger partial charge in [0.1, 0.15) is 0 Å². The Hall–Kier alpha value is -0.820. The Morgan fingerprint density at radius 2 is 1.67 bits per heavy atom. The van der Waals surface area contributed by atoms with Crippen molar-refractivity contribution in [2.75, 3.05) is 6.54 Å². The van der Waals surface area contributed by atoms with Crippen molar-refractivity contribution in [1.29, 1.82) is 0 Å². The summed E-state index contributed by atoms with van der Waals surface area (Å²) in [7, 11) is 0. The van der Waals surface area contributed by atoms with E-state index in [9.17, 15) is 0 Å². The third-order valence-corrected chi connectivity index (χ3v) is 4.73. The summed E-state index contributed by atoms with van der Waals surface area (Å²) in [5, 5.41) is 3.73. The van der Waals surface area contributed by atoms with Crippen molar-refractivity contribution in [3.8, 4) is 0 Å². The molecule has 0 atom stereocenters. The second-order valence-electron chi connectivity index (χ2n) is 7.60. The highest BCUT2D eigenvalue weighted by atomic mass is 15.0. The van der Waals surface area contributed by atoms with Crippen LogP contribution in [0.15, 0.2) is 30.3 Å². The van der Waals surface area contributed by atoms with Crippen molar-refractivity contribution in [1.82, 2.24) is 5.32 Å². The fraction of sp³-hybridized carbons (Fsp3) is 0.647. The molecule has 1 spiro atoms. The van der Waals surface area contributed by atoms with Gasteiger partial charge in [0.2, 0.25) is 0 Å². The number of benzene rings is 1. The Labute approximate surface area is 111 Å². The highest BCUT2D eigenvalue weighted by Crippen LogP contribution is 2.68. The number of hydrogen-bond donors (Lipinski definition) is 1. The quantitative estimate of drug-likeness (QED) is 0.849. The monoisotopic (exact) mass is 243 g/mol. The second-order valence-corrected chi connectivity index (χ2v) is 7.60. The normalized spacial score (nSPS) is 23.7. The Kier molecular flexibility index (Phi) is 2.60. The number of hydrogen-bond acceptors (Lipinski definition) is 1. The van der Waals surface area contributed by atoms with Gasteiger partial charge in [-0.15, -0.1) is 0 Å². The molecule has 0 bridgehead atoms. The minimum Gasteiger partial charge on any atom is -0.311 e. The Morgan fingerprint density at radius 1 is 1.06 bits per heavy atom. The largest absolute Gasteiger partial charge is 0.311 e. The fourth-order valence-corrected chi connectivity index (χ4v) is 3.57. The van der Waals surface area contributed by atoms with Gasteiger partial charge in [0, 0.05) is 17.5 Å². The van der Waals surface area contributed by atoms with E-state index in [1.54, 1.807) is 5.56 Å². The van der Waals surface area contributed by atoms with Crippen LogP contribution in [-0.4, -0.2) is 12.1 Å². The lowest BCUT2D eigenvalue weighted by Crippen LogP contribution is -2.53. The average Bonchev–Trinajstić information content (AvgIpc) is 3.05. The molecule has 1 N–H and O–H groups in total. The maximum absolute atomic E-state index is 3.73. The molecule has 0 unspecified atom stereocenters. The van der Waals surface area contributed by atoms with Crippen molar-refractivity contribution in [2.24, 2.45) is 5.41 Å². The van der Waals surface area contributed by atoms with E-state index in [1.165, 1.54) is 25.7 Å². The summed E-state index contributed by atoms with van der Waals surface area (Å²) in [4.78, 5) is 0. The van der Waals surface area contributed by atoms with Crippen LogP contribution in [0.25, 0.3) is 0 Å². The van der Waals surface area contributed by atoms with Gasteiger partial charge in [0.15, 0.2) is 0 Å². The molecule has 0 amide bonds. The first-order chi connectivity index (χ1) is 8.43. The molecule has 0 aromatic heterocycles. The van der Waals surface area contributed by atoms with Gasteiger partial charge < -0.3 is 5.32 Å². The lowest BCUT2D eigenvalue weighted by atomic mass is 9.56. The molecule has 0 heterocycles. The molecule has 1 aromatic rings. The molecule has 0 saturated heterocycles. The van der Waals surface area contributed by atoms with Crippen LogP contribution < -0.4 is 5.32 Å². The van der Waals surface area contributed by atoms with Crippen molar-refractivity contribution in [3.05, 3.63) is 35.9 Å². The van der Waals surface area contributed by atoms with E-state index in [0.717, 1.165) is 12.0 Å². The molecule has 1 heteroatoms. The first kappa shape index (κ1) is 12.2. The van der Waals surface area contributed by atoms with Crippen LogP contribution in [0.1, 0.15) is 52.0 Å². The fourth-order valence-electron chi connectivity index (χ4n) is 3.57. The van der Waals surface area contributed by atoms with Crippen LogP contribution in [0, 0.1) is 5.41 Å². The lowest BCUT2D eigenvalue weighted by molar-refractivity contribution is 0.108. The minimum absolute atomic E-state index is 0.216. The summed E-state index contributed by atoms with van der Waals surface area (Å²) >= 11 is 0. The molecule has 2 saturated carbocycles. The molecule has 2 fully saturated rings. The highest BCUT2D eigenvalue weighted by Gasteiger charge is 2.61. The van der Waals surface area contributed by atoms with Crippen LogP contribution in [-0.2, 0) is 5.41 Å². The van der Waals surface area contributed by atoms with Gasteiger partial charge in [-0.1, -0.05) is 30.3 Å². The number of rotatable bonds is 3. The van der Waals surface area contributed by atoms with Crippen LogP contribution in [0.2, 0.25) is 0 Å². The van der Waals surface area contributed by atoms with Gasteiger partial charge >= 0.3 is 0 Å². The van der Waals surface area contributed by atoms with E-state index in [0.29, 0.717) is 5.41 Å². The molecule has 18 heavy (non-hydrogen) atoms. The lowest BCUT2D eigenvalue weighted by Gasteiger charge is -2.50. The molecule has 2 aliphatic rings. The third kappa shape index (κ3) is 2.21. The summed E-state index contributed by atoms with van der Waals surface area (Å²) in [6, 6.07) is 11.1. The molecule has 3 rings (SSSR count). The first-order valence-electron chi connectivity index (χ1n) is 7.24. The SMILES string of the molecule is CC(C)(C)NCC1(c2ccccc2)CC2(CC2)C1. The molecule has 1 aromatic carbocycles. The Balaban J connectivity index is 1.78. The summed E-state index contributed by atoms with van der Waals surface area (Å²) in [5.41, 5.74) is 2.91. The maximum atomic E-state index is 3.73. The van der Waals surface area contributed by atoms with Crippen molar-refractivity contribution in [2.45, 2.75) is 57.4 Å². The molecule has 0 radical (unpaired) electrons. The molecule has 2 aliphatic carbocycles. The van der Waals surface area contributed by atoms with E-state index in [2.05, 4.69) is 56.4 Å². The molecule has 0 aliphatic heterocycles. The van der Waals surface area contributed by atoms with Gasteiger partial charge in [-0.3, -0.25) is 0 Å². The highest BCUT2D eigenvalue weighted by molar-refractivity contribution is 5.33. The molecule has 1 nitrogen and oxygen atoms in total. The van der Waals surface area contributed by atoms with Crippen molar-refractivity contribution >= 4 is 0 Å². The molecular formula is C17H25N. The zero-order chi connectivity index (χ0) is 12.9. The van der Waals surface area contributed by atoms with Crippen molar-refractivity contribution in [3.63, 3.8) is 0 Å². The van der Waals surface area contributed by atoms with Crippen LogP contribution in [0.4, 0.5) is 0 Å². The zero-order valence-corrected chi connectivity index (χ0v) is 11.9. The maximum Gasteiger partial charge on any atom is 0.00968 e. The van der Waals surface area contributed by atoms with E-state index in [-0.39, 0.29) is 5.54 Å². The topological polar surface area (TPSA) is 12.0 Å². The summed E-state index contributed by atoms with van der Waals surface area (Å²) < 4.78 is 0. The van der Waals surface area contributed by atoms with Gasteiger partial charge in [0.05, 0.1) is 0 Å². The van der Waals surface area contributed by atoms with Crippen LogP contribution in [0.5, 0.6) is 0 Å². The van der Waals surface area contributed by atoms with Crippen molar-refractivity contribution < 1.29 is 0 Å². The molecule has 98 valence electrons. The average molecular weight is 243 g/mol. The van der Waals surface area contributed by atoms with E-state index >= 15 is 0 Å². The summed E-state index contributed by atoms with van der Waals surface area (Å²) in [6.45, 7) is 7.91. The zero-order valence-electron chi connectivity index (χ0n) is 11.9. The minimum atomic E-state index is 0.216. The van der Waals surface area contributed by atoms with Crippen LogP contribution >= 0.6 is 0 Å². The van der Waals surface area contributed by atoms with E-state index in [1.807, 2.05) is 0 Å². The molecular weight excluding hydrogens is 218 g/mol. The van der Waals surface area contributed by atoms with Gasteiger partial charge in [-0.05, 0) is 57.4 Å². The smallest absolute Gasteiger partial charge is 0.00968 e. The Bertz CT molecular complexity index is 415. The van der Waals surface area contributed by atoms with Gasteiger partial charge in [0.25, 0.3) is 0 Å². The third-order valence-electron chi connectivity index (χ3n) is 4.73. The Morgan fingerprint density at radius 3 is 2.17 bits per heavy atom. The standard InChI is InChI=1S/C17H25N/c1-15(2,3)18-13-17(11-16(12-17)9-10-16)14-7-5-4-6-8-14/h4-8,18H,9-13H2,1-3H3. The van der Waals surface area contributed by atoms with Gasteiger partial charge in [-0.2, -0.15) is 0 Å². The summed E-state index contributed by atoms with van der Waals surface area (Å²) in [6.07, 6.45) is 5.73. The van der Waals surface area contributed by atoms with E-state index in [4.69, 9.17) is 0 Å². The van der Waals surface area contributed by atoms with E-state index < -0.39 is 0 Å². The number of nitrogens with one attached hydrogen (secondary N) is 1. The predicted molar refractivity (Wildman–Crippen MR) is 76.8 cm³/mol. The first-order valence-corrected chi connectivity index (χ1v) is 7.24. The predicted octanol–water partition coefficient (Wildman–Crippen LogP) is 3.89.